The van der Waals surface area contributed by atoms with Crippen LogP contribution in [0, 0.1) is 12.7 Å². The van der Waals surface area contributed by atoms with Crippen LogP contribution in [0.2, 0.25) is 0 Å². The minimum atomic E-state index is 0. The molecule has 32 heavy (non-hydrogen) atoms. The quantitative estimate of drug-likeness (QED) is 0.408. The zero-order valence-corrected chi connectivity index (χ0v) is 20.2. The number of para-hydroxylation sites is 2. The van der Waals surface area contributed by atoms with E-state index in [2.05, 4.69) is 106 Å². The summed E-state index contributed by atoms with van der Waals surface area (Å²) in [7, 11) is 0. The molecule has 0 aromatic heterocycles. The minimum absolute atomic E-state index is 0. The molecule has 5 aliphatic heterocycles. The van der Waals surface area contributed by atoms with Crippen LogP contribution < -0.4 is 9.80 Å². The number of fused-ring (bicyclic) bond motifs is 6. The summed E-state index contributed by atoms with van der Waals surface area (Å²) >= 11 is 0. The molecule has 1 fully saturated rings. The molecule has 164 valence electrons. The molecule has 0 aliphatic carbocycles. The van der Waals surface area contributed by atoms with Crippen LogP contribution in [-0.2, 0) is 27.5 Å². The van der Waals surface area contributed by atoms with Gasteiger partial charge in [-0.05, 0) is 61.5 Å². The van der Waals surface area contributed by atoms with E-state index in [0.29, 0.717) is 6.17 Å². The van der Waals surface area contributed by atoms with Crippen LogP contribution in [0.25, 0.3) is 0 Å². The Hall–Kier alpha value is -2.71. The molecular weight excluding hydrogens is 575 g/mol. The number of rotatable bonds is 1. The minimum Gasteiger partial charge on any atom is -0.505 e. The summed E-state index contributed by atoms with van der Waals surface area (Å²) in [6.45, 7) is 3.34. The maximum absolute atomic E-state index is 3.24. The molecule has 0 amide bonds. The standard InChI is InChI=1S/C14H12N2.C13H14N2.Pt/c1-2-7-13-11(5-1)9-14-15-8-4-3-6-12(15)10-16(13)14;1-2-6-12(7-3-1)15-10-13-8-4-5-9-14(13)11-15;/h1-8,10,14H,9H2;1-3,6,10-11H,4-5,8-9H2;/q;-2;+2. The van der Waals surface area contributed by atoms with Crippen LogP contribution in [0.3, 0.4) is 0 Å². The van der Waals surface area contributed by atoms with Crippen molar-refractivity contribution in [1.82, 2.24) is 9.80 Å². The molecule has 1 atom stereocenters. The summed E-state index contributed by atoms with van der Waals surface area (Å²) in [5, 5.41) is 0. The van der Waals surface area contributed by atoms with Crippen LogP contribution >= 0.6 is 0 Å². The van der Waals surface area contributed by atoms with E-state index >= 15 is 0 Å². The van der Waals surface area contributed by atoms with Gasteiger partial charge in [0.15, 0.2) is 0 Å². The summed E-state index contributed by atoms with van der Waals surface area (Å²) in [5.74, 6) is 0. The number of allylic oxidation sites excluding steroid dienone is 4. The molecule has 2 aromatic carbocycles. The normalized spacial score (nSPS) is 21.6. The number of nitrogens with zero attached hydrogens (tertiary/aromatic N) is 4. The second-order valence-electron chi connectivity index (χ2n) is 8.42. The smallest absolute Gasteiger partial charge is 0.505 e. The average Bonchev–Trinajstić information content (AvgIpc) is 3.52. The van der Waals surface area contributed by atoms with Crippen LogP contribution in [-0.4, -0.2) is 22.5 Å². The average molecular weight is 602 g/mol. The summed E-state index contributed by atoms with van der Waals surface area (Å²) < 4.78 is 0. The van der Waals surface area contributed by atoms with Gasteiger partial charge in [-0.25, -0.2) is 0 Å². The van der Waals surface area contributed by atoms with Gasteiger partial charge in [-0.3, -0.25) is 0 Å². The van der Waals surface area contributed by atoms with Gasteiger partial charge in [0.2, 0.25) is 0 Å². The first-order valence-corrected chi connectivity index (χ1v) is 11.2. The summed E-state index contributed by atoms with van der Waals surface area (Å²) in [6, 6.07) is 20.0. The zero-order chi connectivity index (χ0) is 20.6. The van der Waals surface area contributed by atoms with E-state index in [0.717, 1.165) is 18.7 Å². The Bertz CT molecular complexity index is 1090. The molecular formula is C27H26N4Pt. The molecule has 7 rings (SSSR count). The molecule has 0 spiro atoms. The number of anilines is 2. The summed E-state index contributed by atoms with van der Waals surface area (Å²) in [5.41, 5.74) is 6.67. The maximum Gasteiger partial charge on any atom is 2.00 e. The monoisotopic (exact) mass is 601 g/mol. The molecule has 4 nitrogen and oxygen atoms in total. The van der Waals surface area contributed by atoms with Crippen molar-refractivity contribution in [2.24, 2.45) is 0 Å². The van der Waals surface area contributed by atoms with Crippen molar-refractivity contribution in [3.63, 3.8) is 0 Å². The first kappa shape index (κ1) is 21.2. The third-order valence-corrected chi connectivity index (χ3v) is 6.48. The number of piperidine rings is 1. The third kappa shape index (κ3) is 3.82. The summed E-state index contributed by atoms with van der Waals surface area (Å²) in [6.07, 6.45) is 18.4. The Balaban J connectivity index is 0.000000131. The maximum atomic E-state index is 3.24. The van der Waals surface area contributed by atoms with Crippen molar-refractivity contribution in [2.45, 2.75) is 31.8 Å². The molecule has 2 aromatic rings. The van der Waals surface area contributed by atoms with Crippen molar-refractivity contribution in [3.05, 3.63) is 115 Å². The van der Waals surface area contributed by atoms with Gasteiger partial charge in [-0.15, -0.1) is 5.69 Å². The Morgan fingerprint density at radius 3 is 2.72 bits per heavy atom. The van der Waals surface area contributed by atoms with E-state index in [4.69, 9.17) is 0 Å². The Morgan fingerprint density at radius 2 is 1.84 bits per heavy atom. The molecule has 1 unspecified atom stereocenters. The van der Waals surface area contributed by atoms with Gasteiger partial charge in [0.25, 0.3) is 0 Å². The fourth-order valence-corrected chi connectivity index (χ4v) is 4.94. The largest absolute Gasteiger partial charge is 2.00 e. The predicted octanol–water partition coefficient (Wildman–Crippen LogP) is 5.37. The first-order chi connectivity index (χ1) is 15.4. The molecule has 5 aliphatic rings. The third-order valence-electron chi connectivity index (χ3n) is 6.48. The van der Waals surface area contributed by atoms with E-state index in [9.17, 15) is 0 Å². The van der Waals surface area contributed by atoms with Gasteiger partial charge in [0, 0.05) is 24.5 Å². The van der Waals surface area contributed by atoms with Gasteiger partial charge >= 0.3 is 21.1 Å². The van der Waals surface area contributed by atoms with Gasteiger partial charge in [-0.1, -0.05) is 24.3 Å². The Labute approximate surface area is 205 Å². The topological polar surface area (TPSA) is 13.0 Å². The number of benzene rings is 2. The molecule has 0 bridgehead atoms. The molecule has 5 heterocycles. The van der Waals surface area contributed by atoms with Crippen molar-refractivity contribution in [2.75, 3.05) is 16.3 Å². The predicted molar refractivity (Wildman–Crippen MR) is 125 cm³/mol. The Kier molecular flexibility index (Phi) is 5.97. The van der Waals surface area contributed by atoms with Gasteiger partial charge < -0.3 is 19.6 Å². The van der Waals surface area contributed by atoms with E-state index in [-0.39, 0.29) is 21.1 Å². The molecule has 5 heteroatoms. The fraction of sp³-hybridized carbons (Fsp3) is 0.222. The van der Waals surface area contributed by atoms with Crippen LogP contribution in [0.1, 0.15) is 24.8 Å². The van der Waals surface area contributed by atoms with Crippen LogP contribution in [0.5, 0.6) is 0 Å². The Morgan fingerprint density at radius 1 is 0.938 bits per heavy atom. The van der Waals surface area contributed by atoms with Gasteiger partial charge in [-0.2, -0.15) is 37.0 Å². The molecule has 1 saturated heterocycles. The summed E-state index contributed by atoms with van der Waals surface area (Å²) in [4.78, 5) is 9.25. The van der Waals surface area contributed by atoms with Crippen molar-refractivity contribution >= 4 is 11.4 Å². The van der Waals surface area contributed by atoms with E-state index in [1.807, 2.05) is 12.1 Å². The fourth-order valence-electron chi connectivity index (χ4n) is 4.94. The second-order valence-corrected chi connectivity index (χ2v) is 8.42. The van der Waals surface area contributed by atoms with E-state index in [1.54, 1.807) is 0 Å². The first-order valence-electron chi connectivity index (χ1n) is 11.2. The number of hydrogen-bond donors (Lipinski definition) is 0. The zero-order valence-electron chi connectivity index (χ0n) is 17.9. The van der Waals surface area contributed by atoms with Crippen molar-refractivity contribution in [3.8, 4) is 0 Å². The van der Waals surface area contributed by atoms with Crippen molar-refractivity contribution < 1.29 is 21.1 Å². The molecule has 0 saturated carbocycles. The van der Waals surface area contributed by atoms with E-state index < -0.39 is 0 Å². The van der Waals surface area contributed by atoms with E-state index in [1.165, 1.54) is 41.9 Å². The SMILES string of the molecule is C1=CC2=CN3c4ccccc4CC3N2C=C1.[Pt+2].[c-]1ccccc1N1C=C2CCCCN2[CH-]1. The van der Waals surface area contributed by atoms with Crippen LogP contribution in [0.4, 0.5) is 11.4 Å². The van der Waals surface area contributed by atoms with Gasteiger partial charge in [0.05, 0.1) is 5.70 Å². The van der Waals surface area contributed by atoms with Gasteiger partial charge in [0.1, 0.15) is 6.17 Å². The van der Waals surface area contributed by atoms with Crippen molar-refractivity contribution in [1.29, 1.82) is 0 Å². The number of hydrogen-bond acceptors (Lipinski definition) is 4. The second kappa shape index (κ2) is 9.03. The molecule has 0 radical (unpaired) electrons. The molecule has 0 N–H and O–H groups in total. The van der Waals surface area contributed by atoms with Crippen LogP contribution in [0.15, 0.2) is 96.8 Å².